The molecule has 23 nitrogen and oxygen atoms in total. The molecule has 4 rings (SSSR count). The first-order valence-corrected chi connectivity index (χ1v) is 25.0. The van der Waals surface area contributed by atoms with E-state index in [1.807, 2.05) is 26.0 Å². The molecule has 1 heterocycles. The Kier molecular flexibility index (Phi) is 23.4. The molecule has 0 saturated carbocycles. The predicted octanol–water partition coefficient (Wildman–Crippen LogP) is 0.753. The van der Waals surface area contributed by atoms with Crippen LogP contribution in [-0.4, -0.2) is 152 Å². The summed E-state index contributed by atoms with van der Waals surface area (Å²) in [6.07, 6.45) is 1.96. The highest BCUT2D eigenvalue weighted by atomic mass is 16.4. The smallest absolute Gasteiger partial charge is 0.305 e. The minimum Gasteiger partial charge on any atom is -0.508 e. The summed E-state index contributed by atoms with van der Waals surface area (Å²) in [5.74, 6) is -9.66. The number of nitrogens with two attached hydrogens (primary N) is 2. The second-order valence-electron chi connectivity index (χ2n) is 18.6. The molecular formula is C53H70N10O13. The van der Waals surface area contributed by atoms with Gasteiger partial charge >= 0.3 is 11.9 Å². The number of phenols is 1. The van der Waals surface area contributed by atoms with Crippen molar-refractivity contribution in [1.82, 2.24) is 41.4 Å². The van der Waals surface area contributed by atoms with Crippen molar-refractivity contribution in [2.75, 3.05) is 20.6 Å². The van der Waals surface area contributed by atoms with Crippen LogP contribution in [0.5, 0.6) is 5.75 Å². The van der Waals surface area contributed by atoms with Gasteiger partial charge in [0, 0.05) is 50.5 Å². The third-order valence-corrected chi connectivity index (χ3v) is 12.7. The van der Waals surface area contributed by atoms with Crippen LogP contribution >= 0.6 is 0 Å². The number of hydrogen-bond acceptors (Lipinski definition) is 12. The van der Waals surface area contributed by atoms with Gasteiger partial charge in [0.2, 0.25) is 47.3 Å². The molecule has 410 valence electrons. The van der Waals surface area contributed by atoms with E-state index < -0.39 is 121 Å². The first kappa shape index (κ1) is 60.2. The van der Waals surface area contributed by atoms with Gasteiger partial charge in [0.05, 0.1) is 25.4 Å². The van der Waals surface area contributed by atoms with Crippen molar-refractivity contribution in [3.05, 3.63) is 102 Å². The molecule has 0 radical (unpaired) electrons. The van der Waals surface area contributed by atoms with E-state index in [2.05, 4.69) is 31.6 Å². The number of H-pyrrole nitrogens is 1. The summed E-state index contributed by atoms with van der Waals surface area (Å²) < 4.78 is 0. The first-order valence-electron chi connectivity index (χ1n) is 25.0. The number of aromatic nitrogens is 1. The van der Waals surface area contributed by atoms with Crippen molar-refractivity contribution in [1.29, 1.82) is 0 Å². The fourth-order valence-corrected chi connectivity index (χ4v) is 8.47. The van der Waals surface area contributed by atoms with Crippen LogP contribution in [0, 0.1) is 0 Å². The first-order chi connectivity index (χ1) is 36.1. The number of carbonyl (C=O) groups is 10. The van der Waals surface area contributed by atoms with E-state index in [0.29, 0.717) is 42.4 Å². The Morgan fingerprint density at radius 2 is 1.11 bits per heavy atom. The van der Waals surface area contributed by atoms with Crippen LogP contribution in [0.3, 0.4) is 0 Å². The zero-order valence-corrected chi connectivity index (χ0v) is 43.1. The molecule has 0 unspecified atom stereocenters. The molecule has 0 aliphatic carbocycles. The molecule has 23 heteroatoms. The average Bonchev–Trinajstić information content (AvgIpc) is 3.79. The van der Waals surface area contributed by atoms with Gasteiger partial charge in [-0.05, 0) is 47.7 Å². The number of phenolic OH excluding ortho intramolecular Hbond substituents is 1. The number of primary amides is 1. The lowest BCUT2D eigenvalue weighted by Crippen LogP contribution is -2.59. The molecule has 4 aromatic rings. The highest BCUT2D eigenvalue weighted by molar-refractivity contribution is 5.98. The van der Waals surface area contributed by atoms with Gasteiger partial charge in [-0.1, -0.05) is 100 Å². The lowest BCUT2D eigenvalue weighted by Gasteiger charge is -2.32. The summed E-state index contributed by atoms with van der Waals surface area (Å²) in [5.41, 5.74) is 13.9. The van der Waals surface area contributed by atoms with Crippen LogP contribution in [0.4, 0.5) is 0 Å². The van der Waals surface area contributed by atoms with Crippen molar-refractivity contribution >= 4 is 70.1 Å². The van der Waals surface area contributed by atoms with Crippen LogP contribution in [0.25, 0.3) is 10.9 Å². The van der Waals surface area contributed by atoms with Crippen LogP contribution in [0.15, 0.2) is 85.1 Å². The number of aromatic amines is 1. The Morgan fingerprint density at radius 1 is 0.592 bits per heavy atom. The number of likely N-dealkylation sites (N-methyl/N-ethyl adjacent to an activating group) is 2. The Hall–Kier alpha value is -8.34. The topological polar surface area (TPSA) is 366 Å². The molecule has 76 heavy (non-hydrogen) atoms. The number of para-hydroxylation sites is 1. The van der Waals surface area contributed by atoms with Gasteiger partial charge in [0.15, 0.2) is 0 Å². The second kappa shape index (κ2) is 29.5. The number of carbonyl (C=O) groups excluding carboxylic acids is 8. The molecule has 0 fully saturated rings. The zero-order chi connectivity index (χ0) is 56.1. The summed E-state index contributed by atoms with van der Waals surface area (Å²) in [7, 11) is 2.67. The van der Waals surface area contributed by atoms with Gasteiger partial charge in [-0.15, -0.1) is 0 Å². The third kappa shape index (κ3) is 18.2. The third-order valence-electron chi connectivity index (χ3n) is 12.7. The van der Waals surface area contributed by atoms with E-state index in [0.717, 1.165) is 20.7 Å². The van der Waals surface area contributed by atoms with E-state index in [-0.39, 0.29) is 37.9 Å². The van der Waals surface area contributed by atoms with Gasteiger partial charge in [0.25, 0.3) is 0 Å². The molecular weight excluding hydrogens is 985 g/mol. The van der Waals surface area contributed by atoms with Crippen LogP contribution in [-0.2, 0) is 67.2 Å². The van der Waals surface area contributed by atoms with Gasteiger partial charge < -0.3 is 68.2 Å². The summed E-state index contributed by atoms with van der Waals surface area (Å²) in [5, 5.41) is 42.2. The van der Waals surface area contributed by atoms with Gasteiger partial charge in [0.1, 0.15) is 42.0 Å². The molecule has 0 aliphatic rings. The largest absolute Gasteiger partial charge is 0.508 e. The summed E-state index contributed by atoms with van der Waals surface area (Å²) in [6.45, 7) is 3.02. The summed E-state index contributed by atoms with van der Waals surface area (Å²) >= 11 is 0. The number of fused-ring (bicyclic) bond motifs is 1. The number of nitrogens with zero attached hydrogens (tertiary/aromatic N) is 2. The minimum atomic E-state index is -1.71. The van der Waals surface area contributed by atoms with E-state index >= 15 is 0 Å². The van der Waals surface area contributed by atoms with E-state index in [1.54, 1.807) is 48.7 Å². The van der Waals surface area contributed by atoms with E-state index in [9.17, 15) is 63.3 Å². The number of aromatic hydroxyl groups is 1. The highest BCUT2D eigenvalue weighted by Gasteiger charge is 2.37. The SMILES string of the molecule is CCCC[C@@H](C(=O)N[C@@H](CC(=O)O)C(=O)N[C@@H](Cc1ccccc1)C(N)=O)N(C)C(=O)[C@H](Cc1c[nH]c2ccccc12)NC(=O)CNC(=O)[C@H](CCCC)N(C)C(=O)[C@H](Cc1ccc(O)cc1)NC(=O)[C@@H](N)CC(=O)O. The molecule has 1 aromatic heterocycles. The van der Waals surface area contributed by atoms with Crippen molar-refractivity contribution in [2.45, 2.75) is 127 Å². The number of unbranched alkanes of at least 4 members (excludes halogenated alkanes) is 2. The maximum absolute atomic E-state index is 14.7. The zero-order valence-electron chi connectivity index (χ0n) is 43.1. The highest BCUT2D eigenvalue weighted by Crippen LogP contribution is 2.21. The standard InChI is InChI=1S/C53H70N10O13/c1-5-7-18-42(62(3)52(75)40(25-32-20-22-34(64)23-21-32)61-48(71)36(54)27-45(66)67)50(73)57-30-44(65)58-41(26-33-29-56-37-17-13-12-16-35(33)37)53(76)63(4)43(19-8-6-2)51(74)60-39(28-46(68)69)49(72)59-38(47(55)70)24-31-14-10-9-11-15-31/h9-17,20-23,29,36,38-43,56,64H,5-8,18-19,24-28,30,54H2,1-4H3,(H2,55,70)(H,57,73)(H,58,65)(H,59,72)(H,60,74)(H,61,71)(H,66,67)(H,68,69)/t36-,38-,39-,40-,41-,42-,43-/m0/s1. The van der Waals surface area contributed by atoms with E-state index in [1.165, 1.54) is 38.4 Å². The quantitative estimate of drug-likeness (QED) is 0.0332. The van der Waals surface area contributed by atoms with Gasteiger partial charge in [-0.2, -0.15) is 0 Å². The van der Waals surface area contributed by atoms with Crippen molar-refractivity contribution < 1.29 is 63.3 Å². The summed E-state index contributed by atoms with van der Waals surface area (Å²) in [4.78, 5) is 139. The van der Waals surface area contributed by atoms with Crippen molar-refractivity contribution in [2.24, 2.45) is 11.5 Å². The number of nitrogens with one attached hydrogen (secondary N) is 6. The molecule has 3 aromatic carbocycles. The molecule has 0 bridgehead atoms. The maximum Gasteiger partial charge on any atom is 0.305 e. The monoisotopic (exact) mass is 1050 g/mol. The fourth-order valence-electron chi connectivity index (χ4n) is 8.47. The number of benzene rings is 3. The molecule has 0 aliphatic heterocycles. The van der Waals surface area contributed by atoms with Gasteiger partial charge in [-0.25, -0.2) is 0 Å². The molecule has 0 spiro atoms. The van der Waals surface area contributed by atoms with Crippen LogP contribution in [0.1, 0.15) is 81.9 Å². The number of carboxylic acids is 2. The van der Waals surface area contributed by atoms with Crippen molar-refractivity contribution in [3.63, 3.8) is 0 Å². The molecule has 0 saturated heterocycles. The van der Waals surface area contributed by atoms with Crippen molar-refractivity contribution in [3.8, 4) is 5.75 Å². The number of amides is 8. The number of rotatable bonds is 31. The number of carboxylic acid groups (broad SMARTS) is 2. The maximum atomic E-state index is 14.7. The van der Waals surface area contributed by atoms with Crippen LogP contribution in [0.2, 0.25) is 0 Å². The molecule has 13 N–H and O–H groups in total. The predicted molar refractivity (Wildman–Crippen MR) is 279 cm³/mol. The fraction of sp³-hybridized carbons (Fsp3) is 0.434. The Morgan fingerprint density at radius 3 is 1.68 bits per heavy atom. The Bertz CT molecular complexity index is 2660. The lowest BCUT2D eigenvalue weighted by molar-refractivity contribution is -0.144. The Balaban J connectivity index is 1.58. The number of aliphatic carboxylic acids is 2. The minimum absolute atomic E-state index is 0.0194. The molecule has 7 atom stereocenters. The molecule has 8 amide bonds. The van der Waals surface area contributed by atoms with E-state index in [4.69, 9.17) is 11.5 Å². The summed E-state index contributed by atoms with van der Waals surface area (Å²) in [6, 6.07) is 11.9. The number of hydrogen-bond donors (Lipinski definition) is 11. The average molecular weight is 1060 g/mol. The lowest BCUT2D eigenvalue weighted by atomic mass is 10.0. The van der Waals surface area contributed by atoms with Crippen LogP contribution < -0.4 is 38.1 Å². The second-order valence-corrected chi connectivity index (χ2v) is 18.6. The normalized spacial score (nSPS) is 13.8. The van der Waals surface area contributed by atoms with Gasteiger partial charge in [-0.3, -0.25) is 47.9 Å². The Labute approximate surface area is 439 Å².